The number of nitrogens with zero attached hydrogens (tertiary/aromatic N) is 8. The van der Waals surface area contributed by atoms with E-state index < -0.39 is 0 Å². The van der Waals surface area contributed by atoms with Gasteiger partial charge in [-0.3, -0.25) is 9.36 Å². The number of fused-ring (bicyclic) bond motifs is 3. The topological polar surface area (TPSA) is 161 Å². The largest absolute Gasteiger partial charge is 0.424 e. The van der Waals surface area contributed by atoms with Crippen LogP contribution >= 0.6 is 0 Å². The van der Waals surface area contributed by atoms with Crippen molar-refractivity contribution in [3.63, 3.8) is 0 Å². The van der Waals surface area contributed by atoms with E-state index in [0.29, 0.717) is 44.9 Å². The molecule has 0 atom stereocenters. The molecule has 0 aliphatic rings. The summed E-state index contributed by atoms with van der Waals surface area (Å²) in [7, 11) is 0. The van der Waals surface area contributed by atoms with Crippen LogP contribution in [0.1, 0.15) is 11.4 Å². The third kappa shape index (κ3) is 3.24. The Morgan fingerprint density at radius 2 is 1.84 bits per heavy atom. The van der Waals surface area contributed by atoms with Crippen LogP contribution in [-0.4, -0.2) is 38.9 Å². The minimum Gasteiger partial charge on any atom is -0.424 e. The second kappa shape index (κ2) is 8.00. The Bertz CT molecular complexity index is 2070. The molecule has 0 bridgehead atoms. The van der Waals surface area contributed by atoms with E-state index in [1.54, 1.807) is 26.0 Å². The number of benzene rings is 2. The van der Waals surface area contributed by atoms with E-state index in [1.165, 1.54) is 6.33 Å². The maximum Gasteiger partial charge on any atom is 0.292 e. The summed E-state index contributed by atoms with van der Waals surface area (Å²) < 4.78 is 10.3. The summed E-state index contributed by atoms with van der Waals surface area (Å²) in [6, 6.07) is 16.8. The standard InChI is InChI=1S/C26H20N10O2/c1-14-9-10-34-22(14)25(37)36(16-5-3-2-4-6-16)19(32-34)12-35-24-20(23(27)29-13-30-24)21(33-35)15-7-8-18-17(11-15)31-26(28)38-18/h2-11,13H,12H2,1H3,(H2,28,31)(H2,27,29,30). The van der Waals surface area contributed by atoms with Gasteiger partial charge in [0.05, 0.1) is 11.1 Å². The number of nitrogen functional groups attached to an aromatic ring is 2. The van der Waals surface area contributed by atoms with Gasteiger partial charge in [0.1, 0.15) is 35.4 Å². The monoisotopic (exact) mass is 504 g/mol. The Balaban J connectivity index is 1.45. The lowest BCUT2D eigenvalue weighted by Gasteiger charge is -2.13. The first-order chi connectivity index (χ1) is 18.5. The Hall–Kier alpha value is -5.52. The van der Waals surface area contributed by atoms with E-state index in [4.69, 9.17) is 26.1 Å². The highest BCUT2D eigenvalue weighted by molar-refractivity contribution is 5.99. The number of aromatic nitrogens is 8. The molecule has 0 radical (unpaired) electrons. The van der Waals surface area contributed by atoms with E-state index in [2.05, 4.69) is 15.0 Å². The van der Waals surface area contributed by atoms with Crippen molar-refractivity contribution in [1.82, 2.24) is 38.9 Å². The van der Waals surface area contributed by atoms with Gasteiger partial charge in [0, 0.05) is 11.8 Å². The minimum atomic E-state index is -0.177. The molecule has 0 saturated carbocycles. The fourth-order valence-electron chi connectivity index (χ4n) is 4.77. The number of para-hydroxylation sites is 1. The van der Waals surface area contributed by atoms with Crippen LogP contribution in [0.25, 0.3) is 44.6 Å². The molecule has 7 aromatic rings. The SMILES string of the molecule is Cc1ccn2nc(Cn3nc(-c4ccc5oc(N)nc5c4)c4c(N)ncnc43)n(-c3ccccc3)c(=O)c12. The Labute approximate surface area is 213 Å². The fourth-order valence-corrected chi connectivity index (χ4v) is 4.77. The third-order valence-electron chi connectivity index (χ3n) is 6.50. The molecule has 2 aromatic carbocycles. The van der Waals surface area contributed by atoms with E-state index >= 15 is 0 Å². The van der Waals surface area contributed by atoms with Gasteiger partial charge >= 0.3 is 0 Å². The normalized spacial score (nSPS) is 11.7. The van der Waals surface area contributed by atoms with E-state index in [0.717, 1.165) is 11.1 Å². The van der Waals surface area contributed by atoms with Crippen molar-refractivity contribution in [1.29, 1.82) is 0 Å². The highest BCUT2D eigenvalue weighted by Crippen LogP contribution is 2.32. The van der Waals surface area contributed by atoms with Gasteiger partial charge in [-0.15, -0.1) is 0 Å². The molecule has 0 saturated heterocycles. The first kappa shape index (κ1) is 21.7. The molecular formula is C26H20N10O2. The quantitative estimate of drug-likeness (QED) is 0.367. The fraction of sp³-hybridized carbons (Fsp3) is 0.0769. The van der Waals surface area contributed by atoms with Crippen molar-refractivity contribution in [2.75, 3.05) is 11.5 Å². The molecule has 12 nitrogen and oxygen atoms in total. The molecule has 0 unspecified atom stereocenters. The molecule has 12 heteroatoms. The molecule has 0 amide bonds. The van der Waals surface area contributed by atoms with Gasteiger partial charge in [-0.2, -0.15) is 15.2 Å². The number of hydrogen-bond donors (Lipinski definition) is 2. The second-order valence-electron chi connectivity index (χ2n) is 8.88. The maximum absolute atomic E-state index is 13.7. The van der Waals surface area contributed by atoms with Crippen LogP contribution in [0.2, 0.25) is 0 Å². The van der Waals surface area contributed by atoms with Gasteiger partial charge in [-0.05, 0) is 48.9 Å². The minimum absolute atomic E-state index is 0.0796. The predicted octanol–water partition coefficient (Wildman–Crippen LogP) is 2.95. The molecule has 0 spiro atoms. The molecular weight excluding hydrogens is 484 g/mol. The van der Waals surface area contributed by atoms with Crippen molar-refractivity contribution < 1.29 is 4.42 Å². The zero-order valence-corrected chi connectivity index (χ0v) is 20.1. The van der Waals surface area contributed by atoms with Gasteiger partial charge in [0.2, 0.25) is 0 Å². The van der Waals surface area contributed by atoms with Crippen LogP contribution in [-0.2, 0) is 6.54 Å². The van der Waals surface area contributed by atoms with Crippen LogP contribution in [0, 0.1) is 6.92 Å². The lowest BCUT2D eigenvalue weighted by Crippen LogP contribution is -2.28. The third-order valence-corrected chi connectivity index (χ3v) is 6.50. The zero-order chi connectivity index (χ0) is 26.0. The smallest absolute Gasteiger partial charge is 0.292 e. The maximum atomic E-state index is 13.7. The van der Waals surface area contributed by atoms with Gasteiger partial charge in [0.25, 0.3) is 11.6 Å². The number of rotatable bonds is 4. The van der Waals surface area contributed by atoms with Gasteiger partial charge in [0.15, 0.2) is 17.1 Å². The molecule has 0 aliphatic heterocycles. The van der Waals surface area contributed by atoms with Crippen molar-refractivity contribution in [2.45, 2.75) is 13.5 Å². The van der Waals surface area contributed by atoms with E-state index in [-0.39, 0.29) is 23.9 Å². The van der Waals surface area contributed by atoms with E-state index in [1.807, 2.05) is 55.5 Å². The summed E-state index contributed by atoms with van der Waals surface area (Å²) in [5, 5.41) is 10.2. The van der Waals surface area contributed by atoms with Crippen molar-refractivity contribution in [2.24, 2.45) is 0 Å². The lowest BCUT2D eigenvalue weighted by atomic mass is 10.1. The van der Waals surface area contributed by atoms with Crippen molar-refractivity contribution in [3.05, 3.63) is 88.9 Å². The summed E-state index contributed by atoms with van der Waals surface area (Å²) in [4.78, 5) is 26.6. The first-order valence-electron chi connectivity index (χ1n) is 11.8. The summed E-state index contributed by atoms with van der Waals surface area (Å²) in [6.07, 6.45) is 3.16. The highest BCUT2D eigenvalue weighted by atomic mass is 16.4. The highest BCUT2D eigenvalue weighted by Gasteiger charge is 2.21. The molecule has 38 heavy (non-hydrogen) atoms. The van der Waals surface area contributed by atoms with Crippen LogP contribution in [0.4, 0.5) is 11.8 Å². The Morgan fingerprint density at radius 3 is 2.68 bits per heavy atom. The molecule has 5 heterocycles. The van der Waals surface area contributed by atoms with Crippen LogP contribution in [0.5, 0.6) is 0 Å². The number of oxazole rings is 1. The molecule has 0 aliphatic carbocycles. The number of nitrogens with two attached hydrogens (primary N) is 2. The van der Waals surface area contributed by atoms with E-state index in [9.17, 15) is 4.79 Å². The second-order valence-corrected chi connectivity index (χ2v) is 8.88. The Morgan fingerprint density at radius 1 is 1.00 bits per heavy atom. The molecule has 186 valence electrons. The van der Waals surface area contributed by atoms with Gasteiger partial charge in [-0.1, -0.05) is 18.2 Å². The van der Waals surface area contributed by atoms with Crippen LogP contribution in [0.3, 0.4) is 0 Å². The summed E-state index contributed by atoms with van der Waals surface area (Å²) in [6.45, 7) is 2.03. The van der Waals surface area contributed by atoms with Gasteiger partial charge in [-0.25, -0.2) is 19.2 Å². The number of anilines is 2. The summed E-state index contributed by atoms with van der Waals surface area (Å²) in [5.41, 5.74) is 16.9. The predicted molar refractivity (Wildman–Crippen MR) is 142 cm³/mol. The lowest BCUT2D eigenvalue weighted by molar-refractivity contribution is 0.623. The Kier molecular flexibility index (Phi) is 4.57. The van der Waals surface area contributed by atoms with Gasteiger partial charge < -0.3 is 15.9 Å². The molecule has 4 N–H and O–H groups in total. The van der Waals surface area contributed by atoms with Crippen molar-refractivity contribution >= 4 is 39.5 Å². The first-order valence-corrected chi connectivity index (χ1v) is 11.8. The van der Waals surface area contributed by atoms with Crippen molar-refractivity contribution in [3.8, 4) is 16.9 Å². The zero-order valence-electron chi connectivity index (χ0n) is 20.1. The number of aryl methyl sites for hydroxylation is 1. The number of hydrogen-bond acceptors (Lipinski definition) is 9. The summed E-state index contributed by atoms with van der Waals surface area (Å²) >= 11 is 0. The molecule has 0 fully saturated rings. The summed E-state index contributed by atoms with van der Waals surface area (Å²) in [5.74, 6) is 0.748. The molecule has 7 rings (SSSR count). The van der Waals surface area contributed by atoms with Crippen LogP contribution < -0.4 is 17.0 Å². The average molecular weight is 505 g/mol. The van der Waals surface area contributed by atoms with Crippen LogP contribution in [0.15, 0.2) is 76.3 Å². The molecule has 5 aromatic heterocycles. The average Bonchev–Trinajstić information content (AvgIpc) is 3.59.